The first kappa shape index (κ1) is 8.48. The van der Waals surface area contributed by atoms with Crippen LogP contribution >= 0.6 is 9.24 Å². The van der Waals surface area contributed by atoms with Crippen LogP contribution in [0, 0.1) is 12.7 Å². The molecule has 1 aromatic carbocycles. The first-order chi connectivity index (χ1) is 5.15. The second-order valence-corrected chi connectivity index (χ2v) is 2.91. The Morgan fingerprint density at radius 1 is 1.55 bits per heavy atom. The van der Waals surface area contributed by atoms with Gasteiger partial charge in [-0.05, 0) is 30.3 Å². The minimum Gasteiger partial charge on any atom is -0.398 e. The monoisotopic (exact) mass is 171 g/mol. The van der Waals surface area contributed by atoms with Crippen LogP contribution < -0.4 is 5.73 Å². The lowest BCUT2D eigenvalue weighted by atomic mass is 10.1. The average molecular weight is 171 g/mol. The summed E-state index contributed by atoms with van der Waals surface area (Å²) in [6, 6.07) is 3.15. The Kier molecular flexibility index (Phi) is 2.45. The van der Waals surface area contributed by atoms with E-state index in [0.717, 1.165) is 11.7 Å². The first-order valence-corrected chi connectivity index (χ1v) is 4.21. The fourth-order valence-electron chi connectivity index (χ4n) is 0.933. The molecule has 0 heterocycles. The van der Waals surface area contributed by atoms with Gasteiger partial charge in [0.1, 0.15) is 5.82 Å². The van der Waals surface area contributed by atoms with Gasteiger partial charge in [-0.2, -0.15) is 0 Å². The SMILES string of the molecule is Cc1cc(CP)c(N)cc1F. The molecule has 1 unspecified atom stereocenters. The fraction of sp³-hybridized carbons (Fsp3) is 0.250. The molecule has 0 bridgehead atoms. The summed E-state index contributed by atoms with van der Waals surface area (Å²) >= 11 is 0. The minimum atomic E-state index is -0.232. The van der Waals surface area contributed by atoms with E-state index in [0.29, 0.717) is 11.3 Å². The van der Waals surface area contributed by atoms with Crippen LogP contribution in [0.25, 0.3) is 0 Å². The van der Waals surface area contributed by atoms with Crippen molar-refractivity contribution >= 4 is 14.9 Å². The molecule has 1 rings (SSSR count). The molecule has 0 aliphatic heterocycles. The number of halogens is 1. The lowest BCUT2D eigenvalue weighted by Gasteiger charge is -2.04. The topological polar surface area (TPSA) is 26.0 Å². The molecule has 1 atom stereocenters. The van der Waals surface area contributed by atoms with Gasteiger partial charge in [0, 0.05) is 5.69 Å². The van der Waals surface area contributed by atoms with Crippen molar-refractivity contribution in [2.24, 2.45) is 0 Å². The van der Waals surface area contributed by atoms with Crippen molar-refractivity contribution in [3.8, 4) is 0 Å². The molecule has 0 aromatic heterocycles. The Morgan fingerprint density at radius 2 is 2.18 bits per heavy atom. The molecule has 0 radical (unpaired) electrons. The summed E-state index contributed by atoms with van der Waals surface area (Å²) in [4.78, 5) is 0. The van der Waals surface area contributed by atoms with Crippen LogP contribution in [0.3, 0.4) is 0 Å². The highest BCUT2D eigenvalue weighted by Gasteiger charge is 2.01. The van der Waals surface area contributed by atoms with Crippen molar-refractivity contribution in [3.63, 3.8) is 0 Å². The van der Waals surface area contributed by atoms with Crippen LogP contribution in [-0.4, -0.2) is 0 Å². The molecule has 11 heavy (non-hydrogen) atoms. The second kappa shape index (κ2) is 3.19. The number of nitrogen functional groups attached to an aromatic ring is 1. The van der Waals surface area contributed by atoms with Crippen LogP contribution in [0.2, 0.25) is 0 Å². The average Bonchev–Trinajstić information content (AvgIpc) is 1.97. The summed E-state index contributed by atoms with van der Waals surface area (Å²) in [5, 5.41) is 0. The molecule has 0 saturated heterocycles. The van der Waals surface area contributed by atoms with Gasteiger partial charge in [-0.1, -0.05) is 6.07 Å². The summed E-state index contributed by atoms with van der Waals surface area (Å²) in [5.74, 6) is -0.232. The van der Waals surface area contributed by atoms with Gasteiger partial charge in [0.15, 0.2) is 0 Å². The quantitative estimate of drug-likeness (QED) is 0.508. The zero-order chi connectivity index (χ0) is 8.43. The van der Waals surface area contributed by atoms with E-state index in [-0.39, 0.29) is 5.82 Å². The number of hydrogen-bond donors (Lipinski definition) is 1. The molecule has 0 aliphatic carbocycles. The minimum absolute atomic E-state index is 0.232. The first-order valence-electron chi connectivity index (χ1n) is 3.39. The third kappa shape index (κ3) is 1.69. The summed E-state index contributed by atoms with van der Waals surface area (Å²) in [6.45, 7) is 1.73. The lowest BCUT2D eigenvalue weighted by molar-refractivity contribution is 0.618. The number of aryl methyl sites for hydroxylation is 1. The van der Waals surface area contributed by atoms with Crippen LogP contribution in [0.15, 0.2) is 12.1 Å². The zero-order valence-corrected chi connectivity index (χ0v) is 7.55. The highest BCUT2D eigenvalue weighted by Crippen LogP contribution is 2.19. The molecule has 60 valence electrons. The van der Waals surface area contributed by atoms with Gasteiger partial charge in [0.2, 0.25) is 0 Å². The van der Waals surface area contributed by atoms with E-state index in [1.165, 1.54) is 6.07 Å². The van der Waals surface area contributed by atoms with E-state index in [2.05, 4.69) is 9.24 Å². The van der Waals surface area contributed by atoms with Gasteiger partial charge in [-0.15, -0.1) is 9.24 Å². The second-order valence-electron chi connectivity index (χ2n) is 2.50. The third-order valence-corrected chi connectivity index (χ3v) is 2.08. The lowest BCUT2D eigenvalue weighted by Crippen LogP contribution is -1.94. The smallest absolute Gasteiger partial charge is 0.128 e. The molecule has 0 saturated carbocycles. The maximum atomic E-state index is 12.8. The highest BCUT2D eigenvalue weighted by atomic mass is 31.0. The Balaban J connectivity index is 3.21. The summed E-state index contributed by atoms with van der Waals surface area (Å²) in [7, 11) is 2.56. The van der Waals surface area contributed by atoms with Crippen molar-refractivity contribution in [2.75, 3.05) is 5.73 Å². The third-order valence-electron chi connectivity index (χ3n) is 1.64. The molecule has 1 aromatic rings. The van der Waals surface area contributed by atoms with Crippen molar-refractivity contribution in [2.45, 2.75) is 13.1 Å². The van der Waals surface area contributed by atoms with Crippen LogP contribution in [-0.2, 0) is 6.16 Å². The number of nitrogens with two attached hydrogens (primary N) is 1. The predicted molar refractivity (Wildman–Crippen MR) is 49.0 cm³/mol. The van der Waals surface area contributed by atoms with Gasteiger partial charge in [0.25, 0.3) is 0 Å². The molecule has 0 fully saturated rings. The molecule has 1 nitrogen and oxygen atoms in total. The molecule has 3 heteroatoms. The predicted octanol–water partition coefficient (Wildman–Crippen LogP) is 2.09. The number of rotatable bonds is 1. The number of hydrogen-bond acceptors (Lipinski definition) is 1. The van der Waals surface area contributed by atoms with E-state index in [4.69, 9.17) is 5.73 Å². The maximum Gasteiger partial charge on any atom is 0.128 e. The molecule has 0 amide bonds. The van der Waals surface area contributed by atoms with Crippen LogP contribution in [0.5, 0.6) is 0 Å². The van der Waals surface area contributed by atoms with Crippen molar-refractivity contribution in [1.82, 2.24) is 0 Å². The van der Waals surface area contributed by atoms with E-state index >= 15 is 0 Å². The molecule has 0 aliphatic rings. The van der Waals surface area contributed by atoms with Gasteiger partial charge in [-0.25, -0.2) is 4.39 Å². The Labute approximate surface area is 68.0 Å². The molecule has 0 spiro atoms. The summed E-state index contributed by atoms with van der Waals surface area (Å²) in [6.07, 6.45) is 0.771. The van der Waals surface area contributed by atoms with Crippen LogP contribution in [0.1, 0.15) is 11.1 Å². The molecular formula is C8H11FNP. The maximum absolute atomic E-state index is 12.8. The zero-order valence-electron chi connectivity index (χ0n) is 6.39. The van der Waals surface area contributed by atoms with E-state index < -0.39 is 0 Å². The molecular weight excluding hydrogens is 160 g/mol. The summed E-state index contributed by atoms with van der Waals surface area (Å²) < 4.78 is 12.8. The fourth-order valence-corrected chi connectivity index (χ4v) is 1.29. The van der Waals surface area contributed by atoms with Gasteiger partial charge >= 0.3 is 0 Å². The van der Waals surface area contributed by atoms with Crippen LogP contribution in [0.4, 0.5) is 10.1 Å². The van der Waals surface area contributed by atoms with Crippen molar-refractivity contribution in [1.29, 1.82) is 0 Å². The van der Waals surface area contributed by atoms with Crippen molar-refractivity contribution in [3.05, 3.63) is 29.1 Å². The Bertz CT molecular complexity index is 273. The molecule has 2 N–H and O–H groups in total. The number of benzene rings is 1. The summed E-state index contributed by atoms with van der Waals surface area (Å²) in [5.41, 5.74) is 7.71. The standard InChI is InChI=1S/C8H11FNP/c1-5-2-6(4-11)8(10)3-7(5)9/h2-3H,4,10-11H2,1H3. The Hall–Kier alpha value is -0.620. The van der Waals surface area contributed by atoms with Gasteiger partial charge in [-0.3, -0.25) is 0 Å². The van der Waals surface area contributed by atoms with Gasteiger partial charge < -0.3 is 5.73 Å². The number of anilines is 1. The largest absolute Gasteiger partial charge is 0.398 e. The van der Waals surface area contributed by atoms with E-state index in [1.54, 1.807) is 13.0 Å². The van der Waals surface area contributed by atoms with Crippen molar-refractivity contribution < 1.29 is 4.39 Å². The Morgan fingerprint density at radius 3 is 2.73 bits per heavy atom. The normalized spacial score (nSPS) is 10.1. The van der Waals surface area contributed by atoms with E-state index in [9.17, 15) is 4.39 Å². The highest BCUT2D eigenvalue weighted by molar-refractivity contribution is 7.15. The van der Waals surface area contributed by atoms with E-state index in [1.807, 2.05) is 0 Å². The van der Waals surface area contributed by atoms with Gasteiger partial charge in [0.05, 0.1) is 0 Å².